The fourth-order valence-electron chi connectivity index (χ4n) is 2.80. The Labute approximate surface area is 139 Å². The van der Waals surface area contributed by atoms with Gasteiger partial charge in [-0.2, -0.15) is 5.10 Å². The summed E-state index contributed by atoms with van der Waals surface area (Å²) in [6.45, 7) is 2.84. The number of aromatic nitrogens is 2. The molecule has 1 saturated heterocycles. The first-order valence-electron chi connectivity index (χ1n) is 7.95. The van der Waals surface area contributed by atoms with Gasteiger partial charge in [-0.1, -0.05) is 0 Å². The van der Waals surface area contributed by atoms with E-state index in [1.54, 1.807) is 19.3 Å². The van der Waals surface area contributed by atoms with Gasteiger partial charge >= 0.3 is 0 Å². The predicted octanol–water partition coefficient (Wildman–Crippen LogP) is 1.22. The van der Waals surface area contributed by atoms with Crippen molar-refractivity contribution in [3.63, 3.8) is 0 Å². The van der Waals surface area contributed by atoms with Gasteiger partial charge in [-0.25, -0.2) is 0 Å². The molecule has 8 heteroatoms. The minimum Gasteiger partial charge on any atom is -0.455 e. The van der Waals surface area contributed by atoms with Crippen LogP contribution >= 0.6 is 0 Å². The fraction of sp³-hybridized carbons (Fsp3) is 0.438. The lowest BCUT2D eigenvalue weighted by molar-refractivity contribution is 0.0958. The molecule has 1 fully saturated rings. The maximum atomic E-state index is 12.3. The predicted molar refractivity (Wildman–Crippen MR) is 87.8 cm³/mol. The summed E-state index contributed by atoms with van der Waals surface area (Å²) in [6.07, 6.45) is 3.99. The van der Waals surface area contributed by atoms with Crippen molar-refractivity contribution in [3.05, 3.63) is 35.5 Å². The number of nitrogens with zero attached hydrogens (tertiary/aromatic N) is 3. The molecule has 0 aromatic carbocycles. The second-order valence-corrected chi connectivity index (χ2v) is 5.85. The number of carbonyl (C=O) groups is 2. The van der Waals surface area contributed by atoms with Crippen LogP contribution in [0.3, 0.4) is 0 Å². The van der Waals surface area contributed by atoms with Crippen LogP contribution in [-0.4, -0.2) is 46.6 Å². The molecule has 128 valence electrons. The Bertz CT molecular complexity index is 743. The van der Waals surface area contributed by atoms with Crippen LogP contribution in [-0.2, 0) is 13.6 Å². The molecule has 0 unspecified atom stereocenters. The van der Waals surface area contributed by atoms with Crippen LogP contribution in [0.5, 0.6) is 0 Å². The van der Waals surface area contributed by atoms with Crippen LogP contribution in [0.1, 0.15) is 39.6 Å². The van der Waals surface area contributed by atoms with Crippen molar-refractivity contribution in [1.29, 1.82) is 0 Å². The second kappa shape index (κ2) is 6.88. The van der Waals surface area contributed by atoms with Crippen LogP contribution < -0.4 is 10.6 Å². The van der Waals surface area contributed by atoms with E-state index >= 15 is 0 Å². The Morgan fingerprint density at radius 2 is 2.00 bits per heavy atom. The van der Waals surface area contributed by atoms with E-state index in [9.17, 15) is 9.59 Å². The van der Waals surface area contributed by atoms with Gasteiger partial charge in [0.1, 0.15) is 5.76 Å². The molecule has 0 saturated carbocycles. The van der Waals surface area contributed by atoms with E-state index in [0.29, 0.717) is 12.2 Å². The number of hydrogen-bond donors (Lipinski definition) is 2. The van der Waals surface area contributed by atoms with Gasteiger partial charge in [0, 0.05) is 20.3 Å². The maximum Gasteiger partial charge on any atom is 0.291 e. The average molecular weight is 331 g/mol. The summed E-state index contributed by atoms with van der Waals surface area (Å²) in [5.74, 6) is 0.219. The zero-order valence-electron chi connectivity index (χ0n) is 13.8. The lowest BCUT2D eigenvalue weighted by atomic mass is 10.3. The Morgan fingerprint density at radius 1 is 1.25 bits per heavy atom. The monoisotopic (exact) mass is 331 g/mol. The van der Waals surface area contributed by atoms with E-state index in [-0.39, 0.29) is 17.4 Å². The molecule has 1 aliphatic rings. The average Bonchev–Trinajstić information content (AvgIpc) is 3.29. The maximum absolute atomic E-state index is 12.3. The molecular formula is C16H21N5O3. The largest absolute Gasteiger partial charge is 0.455 e. The highest BCUT2D eigenvalue weighted by Gasteiger charge is 2.20. The van der Waals surface area contributed by atoms with Gasteiger partial charge in [-0.05, 0) is 38.1 Å². The summed E-state index contributed by atoms with van der Waals surface area (Å²) < 4.78 is 7.10. The number of carbonyl (C=O) groups excluding carboxylic acids is 2. The highest BCUT2D eigenvalue weighted by molar-refractivity contribution is 6.06. The molecule has 0 bridgehead atoms. The molecule has 0 spiro atoms. The van der Waals surface area contributed by atoms with E-state index in [1.807, 2.05) is 6.07 Å². The van der Waals surface area contributed by atoms with Crippen LogP contribution in [0, 0.1) is 0 Å². The third-order valence-electron chi connectivity index (χ3n) is 3.98. The quantitative estimate of drug-likeness (QED) is 0.859. The van der Waals surface area contributed by atoms with Crippen LogP contribution in [0.25, 0.3) is 0 Å². The lowest BCUT2D eigenvalue weighted by Crippen LogP contribution is -2.21. The van der Waals surface area contributed by atoms with Crippen molar-refractivity contribution in [2.45, 2.75) is 19.4 Å². The molecule has 0 radical (unpaired) electrons. The van der Waals surface area contributed by atoms with Gasteiger partial charge in [-0.15, -0.1) is 0 Å². The highest BCUT2D eigenvalue weighted by Crippen LogP contribution is 2.18. The summed E-state index contributed by atoms with van der Waals surface area (Å²) in [6, 6.07) is 3.47. The topological polar surface area (TPSA) is 92.4 Å². The van der Waals surface area contributed by atoms with Crippen molar-refractivity contribution in [3.8, 4) is 0 Å². The van der Waals surface area contributed by atoms with Crippen LogP contribution in [0.15, 0.2) is 22.7 Å². The zero-order valence-corrected chi connectivity index (χ0v) is 13.8. The second-order valence-electron chi connectivity index (χ2n) is 5.85. The van der Waals surface area contributed by atoms with E-state index < -0.39 is 5.91 Å². The van der Waals surface area contributed by atoms with Crippen molar-refractivity contribution in [2.75, 3.05) is 25.5 Å². The fourth-order valence-corrected chi connectivity index (χ4v) is 2.80. The summed E-state index contributed by atoms with van der Waals surface area (Å²) in [7, 11) is 3.20. The molecule has 2 aromatic rings. The number of nitrogens with one attached hydrogen (secondary N) is 2. The van der Waals surface area contributed by atoms with E-state index in [2.05, 4.69) is 20.6 Å². The molecule has 3 heterocycles. The van der Waals surface area contributed by atoms with Gasteiger partial charge in [0.05, 0.1) is 12.2 Å². The molecule has 0 atom stereocenters. The minimum atomic E-state index is -0.402. The molecular weight excluding hydrogens is 310 g/mol. The number of rotatable bonds is 5. The molecule has 8 nitrogen and oxygen atoms in total. The highest BCUT2D eigenvalue weighted by atomic mass is 16.4. The number of furan rings is 1. The number of likely N-dealkylation sites (tertiary alicyclic amines) is 1. The summed E-state index contributed by atoms with van der Waals surface area (Å²) >= 11 is 0. The number of anilines is 1. The Morgan fingerprint density at radius 3 is 2.71 bits per heavy atom. The molecule has 3 rings (SSSR count). The third-order valence-corrected chi connectivity index (χ3v) is 3.98. The molecule has 1 aliphatic heterocycles. The summed E-state index contributed by atoms with van der Waals surface area (Å²) in [4.78, 5) is 26.4. The third kappa shape index (κ3) is 3.48. The van der Waals surface area contributed by atoms with Crippen LogP contribution in [0.4, 0.5) is 5.69 Å². The molecule has 0 aliphatic carbocycles. The SMILES string of the molecule is CNC(=O)c1nn(C)cc1NC(=O)c1ccc(CN2CCCC2)o1. The van der Waals surface area contributed by atoms with Gasteiger partial charge in [0.15, 0.2) is 11.5 Å². The standard InChI is InChI=1S/C16H21N5O3/c1-17-16(23)14-12(10-20(2)19-14)18-15(22)13-6-5-11(24-13)9-21-7-3-4-8-21/h5-6,10H,3-4,7-9H2,1-2H3,(H,17,23)(H,18,22). The van der Waals surface area contributed by atoms with E-state index in [4.69, 9.17) is 4.42 Å². The number of aryl methyl sites for hydroxylation is 1. The number of hydrogen-bond acceptors (Lipinski definition) is 5. The first-order valence-corrected chi connectivity index (χ1v) is 7.95. The minimum absolute atomic E-state index is 0.164. The number of amides is 2. The zero-order chi connectivity index (χ0) is 17.1. The van der Waals surface area contributed by atoms with Crippen molar-refractivity contribution in [2.24, 2.45) is 7.05 Å². The summed E-state index contributed by atoms with van der Waals surface area (Å²) in [5, 5.41) is 9.23. The normalized spacial score (nSPS) is 14.8. The Kier molecular flexibility index (Phi) is 4.66. The van der Waals surface area contributed by atoms with Gasteiger partial charge in [0.25, 0.3) is 11.8 Å². The smallest absolute Gasteiger partial charge is 0.291 e. The van der Waals surface area contributed by atoms with Crippen molar-refractivity contribution >= 4 is 17.5 Å². The van der Waals surface area contributed by atoms with Crippen molar-refractivity contribution < 1.29 is 14.0 Å². The molecule has 2 amide bonds. The lowest BCUT2D eigenvalue weighted by Gasteiger charge is -2.11. The van der Waals surface area contributed by atoms with E-state index in [1.165, 1.54) is 24.6 Å². The first kappa shape index (κ1) is 16.3. The van der Waals surface area contributed by atoms with Gasteiger partial charge in [0.2, 0.25) is 0 Å². The Hall–Kier alpha value is -2.61. The first-order chi connectivity index (χ1) is 11.6. The van der Waals surface area contributed by atoms with E-state index in [0.717, 1.165) is 18.8 Å². The van der Waals surface area contributed by atoms with Gasteiger partial charge < -0.3 is 15.1 Å². The van der Waals surface area contributed by atoms with Crippen molar-refractivity contribution in [1.82, 2.24) is 20.0 Å². The van der Waals surface area contributed by atoms with Crippen LogP contribution in [0.2, 0.25) is 0 Å². The van der Waals surface area contributed by atoms with Gasteiger partial charge in [-0.3, -0.25) is 19.2 Å². The molecule has 2 aromatic heterocycles. The Balaban J connectivity index is 1.69. The molecule has 2 N–H and O–H groups in total. The summed E-state index contributed by atoms with van der Waals surface area (Å²) in [5.41, 5.74) is 0.511. The molecule has 24 heavy (non-hydrogen) atoms.